The minimum atomic E-state index is 0.355. The Labute approximate surface area is 124 Å². The minimum absolute atomic E-state index is 0.355. The maximum atomic E-state index is 5.27. The van der Waals surface area contributed by atoms with E-state index < -0.39 is 0 Å². The predicted octanol–water partition coefficient (Wildman–Crippen LogP) is 1.98. The lowest BCUT2D eigenvalue weighted by molar-refractivity contribution is 0.364. The van der Waals surface area contributed by atoms with Gasteiger partial charge in [0.1, 0.15) is 0 Å². The van der Waals surface area contributed by atoms with Gasteiger partial charge in [-0.15, -0.1) is 0 Å². The summed E-state index contributed by atoms with van der Waals surface area (Å²) in [5.41, 5.74) is 2.27. The maximum Gasteiger partial charge on any atom is 0.227 e. The highest BCUT2D eigenvalue weighted by molar-refractivity contribution is 5.06. The van der Waals surface area contributed by atoms with Gasteiger partial charge in [0.2, 0.25) is 5.89 Å². The van der Waals surface area contributed by atoms with Gasteiger partial charge in [0.25, 0.3) is 0 Å². The van der Waals surface area contributed by atoms with E-state index in [1.54, 1.807) is 0 Å². The van der Waals surface area contributed by atoms with Gasteiger partial charge >= 0.3 is 0 Å². The zero-order valence-corrected chi connectivity index (χ0v) is 13.0. The molecule has 2 aromatic rings. The molecule has 0 aromatic carbocycles. The molecular weight excluding hydrogens is 266 g/mol. The Morgan fingerprint density at radius 3 is 2.90 bits per heavy atom. The SMILES string of the molecule is Cc1cc(C)n(C[C@H](C)NCCc2nc(C3CC3)no2)n1. The highest BCUT2D eigenvalue weighted by atomic mass is 16.5. The second kappa shape index (κ2) is 5.97. The van der Waals surface area contributed by atoms with E-state index in [4.69, 9.17) is 4.52 Å². The second-order valence-corrected chi connectivity index (χ2v) is 6.03. The first-order chi connectivity index (χ1) is 10.1. The van der Waals surface area contributed by atoms with Crippen molar-refractivity contribution in [3.63, 3.8) is 0 Å². The number of nitrogens with zero attached hydrogens (tertiary/aromatic N) is 4. The van der Waals surface area contributed by atoms with E-state index in [-0.39, 0.29) is 0 Å². The normalized spacial score (nSPS) is 16.3. The second-order valence-electron chi connectivity index (χ2n) is 6.03. The lowest BCUT2D eigenvalue weighted by atomic mass is 10.3. The highest BCUT2D eigenvalue weighted by Crippen LogP contribution is 2.38. The van der Waals surface area contributed by atoms with Gasteiger partial charge in [-0.2, -0.15) is 10.1 Å². The first kappa shape index (κ1) is 14.3. The van der Waals surface area contributed by atoms with Crippen LogP contribution in [0.4, 0.5) is 0 Å². The van der Waals surface area contributed by atoms with E-state index in [0.717, 1.165) is 36.9 Å². The number of aromatic nitrogens is 4. The van der Waals surface area contributed by atoms with Gasteiger partial charge < -0.3 is 9.84 Å². The molecule has 0 aliphatic heterocycles. The summed E-state index contributed by atoms with van der Waals surface area (Å²) in [4.78, 5) is 4.44. The third-order valence-corrected chi connectivity index (χ3v) is 3.81. The van der Waals surface area contributed by atoms with Gasteiger partial charge in [0.15, 0.2) is 5.82 Å². The van der Waals surface area contributed by atoms with E-state index in [1.165, 1.54) is 18.5 Å². The van der Waals surface area contributed by atoms with Crippen LogP contribution in [0.25, 0.3) is 0 Å². The third kappa shape index (κ3) is 3.69. The van der Waals surface area contributed by atoms with Gasteiger partial charge in [0.05, 0.1) is 12.2 Å². The first-order valence-corrected chi connectivity index (χ1v) is 7.68. The van der Waals surface area contributed by atoms with Crippen LogP contribution in [0.3, 0.4) is 0 Å². The first-order valence-electron chi connectivity index (χ1n) is 7.68. The lowest BCUT2D eigenvalue weighted by Crippen LogP contribution is -2.32. The molecule has 1 N–H and O–H groups in total. The fourth-order valence-corrected chi connectivity index (χ4v) is 2.49. The van der Waals surface area contributed by atoms with Crippen molar-refractivity contribution in [2.24, 2.45) is 0 Å². The molecule has 0 radical (unpaired) electrons. The molecule has 2 aromatic heterocycles. The molecule has 1 aliphatic rings. The molecule has 0 bridgehead atoms. The van der Waals surface area contributed by atoms with Gasteiger partial charge in [-0.25, -0.2) is 0 Å². The fourth-order valence-electron chi connectivity index (χ4n) is 2.49. The number of aryl methyl sites for hydroxylation is 2. The topological polar surface area (TPSA) is 68.8 Å². The Morgan fingerprint density at radius 1 is 1.43 bits per heavy atom. The summed E-state index contributed by atoms with van der Waals surface area (Å²) in [5.74, 6) is 2.18. The van der Waals surface area contributed by atoms with Crippen molar-refractivity contribution in [3.05, 3.63) is 29.2 Å². The van der Waals surface area contributed by atoms with Crippen LogP contribution >= 0.6 is 0 Å². The van der Waals surface area contributed by atoms with Crippen LogP contribution in [0.15, 0.2) is 10.6 Å². The number of rotatable bonds is 7. The van der Waals surface area contributed by atoms with Gasteiger partial charge in [-0.05, 0) is 39.7 Å². The monoisotopic (exact) mass is 289 g/mol. The van der Waals surface area contributed by atoms with E-state index in [0.29, 0.717) is 12.0 Å². The van der Waals surface area contributed by atoms with Gasteiger partial charge in [-0.3, -0.25) is 4.68 Å². The summed E-state index contributed by atoms with van der Waals surface area (Å²) in [6.07, 6.45) is 3.19. The van der Waals surface area contributed by atoms with Crippen LogP contribution in [0, 0.1) is 13.8 Å². The van der Waals surface area contributed by atoms with Crippen molar-refractivity contribution in [2.75, 3.05) is 6.54 Å². The molecule has 6 nitrogen and oxygen atoms in total. The Balaban J connectivity index is 1.42. The molecular formula is C15H23N5O. The van der Waals surface area contributed by atoms with Crippen LogP contribution < -0.4 is 5.32 Å². The Hall–Kier alpha value is -1.69. The molecule has 0 saturated heterocycles. The summed E-state index contributed by atoms with van der Waals surface area (Å²) in [5, 5.41) is 12.0. The summed E-state index contributed by atoms with van der Waals surface area (Å²) in [6.45, 7) is 7.99. The van der Waals surface area contributed by atoms with Gasteiger partial charge in [-0.1, -0.05) is 5.16 Å². The molecule has 1 fully saturated rings. The van der Waals surface area contributed by atoms with Crippen LogP contribution in [-0.2, 0) is 13.0 Å². The number of hydrogen-bond donors (Lipinski definition) is 1. The molecule has 114 valence electrons. The Morgan fingerprint density at radius 2 is 2.24 bits per heavy atom. The van der Waals surface area contributed by atoms with Crippen LogP contribution in [0.2, 0.25) is 0 Å². The smallest absolute Gasteiger partial charge is 0.227 e. The summed E-state index contributed by atoms with van der Waals surface area (Å²) >= 11 is 0. The summed E-state index contributed by atoms with van der Waals surface area (Å²) in [6, 6.07) is 2.46. The van der Waals surface area contributed by atoms with Crippen LogP contribution in [0.5, 0.6) is 0 Å². The average molecular weight is 289 g/mol. The quantitative estimate of drug-likeness (QED) is 0.844. The zero-order chi connectivity index (χ0) is 14.8. The Kier molecular flexibility index (Phi) is 4.05. The van der Waals surface area contributed by atoms with E-state index in [2.05, 4.69) is 40.5 Å². The molecule has 0 unspecified atom stereocenters. The summed E-state index contributed by atoms with van der Waals surface area (Å²) < 4.78 is 7.32. The molecule has 3 rings (SSSR count). The van der Waals surface area contributed by atoms with Crippen LogP contribution in [-0.4, -0.2) is 32.5 Å². The molecule has 21 heavy (non-hydrogen) atoms. The number of hydrogen-bond acceptors (Lipinski definition) is 5. The largest absolute Gasteiger partial charge is 0.339 e. The average Bonchev–Trinajstić information content (AvgIpc) is 3.09. The molecule has 1 aliphatic carbocycles. The van der Waals surface area contributed by atoms with E-state index in [9.17, 15) is 0 Å². The number of nitrogens with one attached hydrogen (secondary N) is 1. The predicted molar refractivity (Wildman–Crippen MR) is 79.1 cm³/mol. The van der Waals surface area contributed by atoms with Crippen molar-refractivity contribution < 1.29 is 4.52 Å². The zero-order valence-electron chi connectivity index (χ0n) is 13.0. The maximum absolute atomic E-state index is 5.27. The molecule has 0 amide bonds. The van der Waals surface area contributed by atoms with Crippen molar-refractivity contribution >= 4 is 0 Å². The van der Waals surface area contributed by atoms with Crippen LogP contribution in [0.1, 0.15) is 48.8 Å². The molecule has 1 saturated carbocycles. The van der Waals surface area contributed by atoms with Crippen molar-refractivity contribution in [1.82, 2.24) is 25.2 Å². The van der Waals surface area contributed by atoms with Crippen molar-refractivity contribution in [2.45, 2.75) is 58.5 Å². The molecule has 2 heterocycles. The van der Waals surface area contributed by atoms with E-state index in [1.807, 2.05) is 11.6 Å². The fraction of sp³-hybridized carbons (Fsp3) is 0.667. The van der Waals surface area contributed by atoms with E-state index >= 15 is 0 Å². The lowest BCUT2D eigenvalue weighted by Gasteiger charge is -2.14. The molecule has 6 heteroatoms. The third-order valence-electron chi connectivity index (χ3n) is 3.81. The van der Waals surface area contributed by atoms with Crippen molar-refractivity contribution in [1.29, 1.82) is 0 Å². The standard InChI is InChI=1S/C15H23N5O/c1-10-8-12(3)20(18-10)9-11(2)16-7-6-14-17-15(19-21-14)13-4-5-13/h8,11,13,16H,4-7,9H2,1-3H3/t11-/m0/s1. The molecule has 0 spiro atoms. The molecule has 1 atom stereocenters. The van der Waals surface area contributed by atoms with Crippen molar-refractivity contribution in [3.8, 4) is 0 Å². The minimum Gasteiger partial charge on any atom is -0.339 e. The highest BCUT2D eigenvalue weighted by Gasteiger charge is 2.28. The Bertz CT molecular complexity index is 599. The van der Waals surface area contributed by atoms with Gasteiger partial charge in [0, 0.05) is 30.6 Å². The summed E-state index contributed by atoms with van der Waals surface area (Å²) in [7, 11) is 0.